The van der Waals surface area contributed by atoms with Gasteiger partial charge >= 0.3 is 0 Å². The van der Waals surface area contributed by atoms with Crippen LogP contribution in [-0.4, -0.2) is 17.9 Å². The summed E-state index contributed by atoms with van der Waals surface area (Å²) in [6, 6.07) is 13.8. The maximum absolute atomic E-state index is 13.9. The summed E-state index contributed by atoms with van der Waals surface area (Å²) in [5, 5.41) is 14.6. The molecule has 2 aromatic rings. The van der Waals surface area contributed by atoms with Crippen LogP contribution in [0.3, 0.4) is 0 Å². The summed E-state index contributed by atoms with van der Waals surface area (Å²) in [4.78, 5) is 0. The van der Waals surface area contributed by atoms with Crippen molar-refractivity contribution in [2.45, 2.75) is 72.0 Å². The molecule has 0 bridgehead atoms. The van der Waals surface area contributed by atoms with Crippen molar-refractivity contribution in [3.63, 3.8) is 0 Å². The largest absolute Gasteiger partial charge is 0.507 e. The Morgan fingerprint density at radius 1 is 0.967 bits per heavy atom. The van der Waals surface area contributed by atoms with Gasteiger partial charge in [-0.15, -0.1) is 0 Å². The molecule has 2 unspecified atom stereocenters. The van der Waals surface area contributed by atoms with Crippen molar-refractivity contribution in [1.82, 2.24) is 0 Å². The van der Waals surface area contributed by atoms with Gasteiger partial charge < -0.3 is 14.9 Å². The van der Waals surface area contributed by atoms with E-state index in [0.717, 1.165) is 22.4 Å². The lowest BCUT2D eigenvalue weighted by atomic mass is 9.78. The summed E-state index contributed by atoms with van der Waals surface area (Å²) in [7, 11) is -3.05. The minimum atomic E-state index is -3.05. The average Bonchev–Trinajstić information content (AvgIpc) is 2.65. The first-order valence-corrected chi connectivity index (χ1v) is 12.6. The lowest BCUT2D eigenvalue weighted by molar-refractivity contribution is 0.328. The van der Waals surface area contributed by atoms with Gasteiger partial charge in [0.1, 0.15) is 11.5 Å². The molecule has 2 atom stereocenters. The molecule has 0 saturated carbocycles. The predicted molar refractivity (Wildman–Crippen MR) is 128 cm³/mol. The molecule has 2 N–H and O–H groups in total. The normalized spacial score (nSPS) is 15.5. The minimum Gasteiger partial charge on any atom is -0.507 e. The van der Waals surface area contributed by atoms with Gasteiger partial charge in [-0.3, -0.25) is 4.57 Å². The summed E-state index contributed by atoms with van der Waals surface area (Å²) in [6.45, 7) is 16.7. The van der Waals surface area contributed by atoms with Gasteiger partial charge in [0.05, 0.1) is 6.61 Å². The molecule has 0 saturated heterocycles. The zero-order chi connectivity index (χ0) is 22.7. The fourth-order valence-electron chi connectivity index (χ4n) is 3.63. The fraction of sp³-hybridized carbons (Fsp3) is 0.520. The van der Waals surface area contributed by atoms with E-state index < -0.39 is 13.2 Å². The molecule has 0 aliphatic rings. The van der Waals surface area contributed by atoms with E-state index >= 15 is 0 Å². The molecule has 2 rings (SSSR count). The summed E-state index contributed by atoms with van der Waals surface area (Å²) >= 11 is 0. The summed E-state index contributed by atoms with van der Waals surface area (Å²) in [5.41, 5.74) is 2.94. The molecule has 30 heavy (non-hydrogen) atoms. The van der Waals surface area contributed by atoms with E-state index in [1.807, 2.05) is 56.3 Å². The number of para-hydroxylation sites is 1. The van der Waals surface area contributed by atoms with Gasteiger partial charge in [-0.05, 0) is 58.7 Å². The van der Waals surface area contributed by atoms with E-state index in [1.54, 1.807) is 0 Å². The second-order valence-electron chi connectivity index (χ2n) is 9.84. The van der Waals surface area contributed by atoms with Crippen molar-refractivity contribution >= 4 is 13.1 Å². The van der Waals surface area contributed by atoms with Gasteiger partial charge in [0.15, 0.2) is 0 Å². The van der Waals surface area contributed by atoms with Crippen LogP contribution >= 0.6 is 7.37 Å². The molecule has 0 fully saturated rings. The first-order chi connectivity index (χ1) is 13.8. The highest BCUT2D eigenvalue weighted by atomic mass is 31.2. The van der Waals surface area contributed by atoms with E-state index in [0.29, 0.717) is 18.5 Å². The zero-order valence-electron chi connectivity index (χ0n) is 19.7. The number of phenolic OH excluding ortho intramolecular Hbond substituents is 1. The monoisotopic (exact) mass is 431 g/mol. The van der Waals surface area contributed by atoms with E-state index in [4.69, 9.17) is 4.52 Å². The Morgan fingerprint density at radius 2 is 1.47 bits per heavy atom. The zero-order valence-corrected chi connectivity index (χ0v) is 20.6. The Bertz CT molecular complexity index is 860. The summed E-state index contributed by atoms with van der Waals surface area (Å²) in [5.74, 6) is -0.187. The van der Waals surface area contributed by atoms with Crippen LogP contribution in [0.25, 0.3) is 0 Å². The van der Waals surface area contributed by atoms with Gasteiger partial charge in [0.2, 0.25) is 7.37 Å². The molecule has 0 aliphatic heterocycles. The fourth-order valence-corrected chi connectivity index (χ4v) is 5.71. The van der Waals surface area contributed by atoms with Crippen molar-refractivity contribution in [1.29, 1.82) is 0 Å². The third-order valence-corrected chi connectivity index (χ3v) is 8.11. The van der Waals surface area contributed by atoms with Crippen LogP contribution in [0, 0.1) is 0 Å². The SMILES string of the molecule is CCOP(=O)(CC)C(Nc1ccccc1)c1cc(C(C)(C)C)c(O)c(C(C)(C)C)c1. The molecule has 4 nitrogen and oxygen atoms in total. The van der Waals surface area contributed by atoms with Crippen molar-refractivity contribution in [2.75, 3.05) is 18.1 Å². The Morgan fingerprint density at radius 3 is 1.87 bits per heavy atom. The van der Waals surface area contributed by atoms with Crippen LogP contribution in [0.5, 0.6) is 5.75 Å². The smallest absolute Gasteiger partial charge is 0.228 e. The number of aromatic hydroxyl groups is 1. The molecule has 2 aromatic carbocycles. The maximum Gasteiger partial charge on any atom is 0.228 e. The molecular weight excluding hydrogens is 393 g/mol. The van der Waals surface area contributed by atoms with Crippen LogP contribution in [0.15, 0.2) is 42.5 Å². The first-order valence-electron chi connectivity index (χ1n) is 10.8. The van der Waals surface area contributed by atoms with Crippen LogP contribution in [-0.2, 0) is 19.9 Å². The Hall–Kier alpha value is -1.77. The lowest BCUT2D eigenvalue weighted by Gasteiger charge is -2.33. The third kappa shape index (κ3) is 5.47. The molecule has 0 amide bonds. The number of rotatable bonds is 7. The average molecular weight is 432 g/mol. The van der Waals surface area contributed by atoms with Gasteiger partial charge in [-0.2, -0.15) is 0 Å². The van der Waals surface area contributed by atoms with Crippen LogP contribution < -0.4 is 5.32 Å². The number of phenols is 1. The maximum atomic E-state index is 13.9. The van der Waals surface area contributed by atoms with Crippen molar-refractivity contribution in [3.05, 3.63) is 59.2 Å². The van der Waals surface area contributed by atoms with Crippen LogP contribution in [0.1, 0.15) is 77.9 Å². The van der Waals surface area contributed by atoms with E-state index in [9.17, 15) is 9.67 Å². The number of hydrogen-bond acceptors (Lipinski definition) is 4. The first kappa shape index (κ1) is 24.5. The Labute approximate surface area is 182 Å². The lowest BCUT2D eigenvalue weighted by Crippen LogP contribution is -2.21. The van der Waals surface area contributed by atoms with E-state index in [-0.39, 0.29) is 10.8 Å². The van der Waals surface area contributed by atoms with Gasteiger partial charge in [-0.1, -0.05) is 66.7 Å². The molecule has 0 spiro atoms. The topological polar surface area (TPSA) is 58.6 Å². The second kappa shape index (κ2) is 9.16. The molecule has 5 heteroatoms. The summed E-state index contributed by atoms with van der Waals surface area (Å²) < 4.78 is 19.8. The Balaban J connectivity index is 2.77. The van der Waals surface area contributed by atoms with Gasteiger partial charge in [-0.25, -0.2) is 0 Å². The highest BCUT2D eigenvalue weighted by Gasteiger charge is 2.36. The minimum absolute atomic E-state index is 0.265. The third-order valence-electron chi connectivity index (χ3n) is 5.32. The highest BCUT2D eigenvalue weighted by Crippen LogP contribution is 2.60. The molecule has 0 radical (unpaired) electrons. The number of nitrogens with one attached hydrogen (secondary N) is 1. The predicted octanol–water partition coefficient (Wildman–Crippen LogP) is 7.43. The quantitative estimate of drug-likeness (QED) is 0.448. The standard InChI is InChI=1S/C25H38NO3P/c1-9-29-30(28,10-2)23(26-19-14-12-11-13-15-19)18-16-20(24(3,4)5)22(27)21(17-18)25(6,7)8/h11-17,23,26-27H,9-10H2,1-8H3. The van der Waals surface area contributed by atoms with Crippen LogP contribution in [0.4, 0.5) is 5.69 Å². The van der Waals surface area contributed by atoms with Crippen LogP contribution in [0.2, 0.25) is 0 Å². The summed E-state index contributed by atoms with van der Waals surface area (Å²) in [6.07, 6.45) is 0.419. The number of benzene rings is 2. The molecule has 0 aromatic heterocycles. The van der Waals surface area contributed by atoms with Gasteiger partial charge in [0, 0.05) is 11.8 Å². The molecule has 0 aliphatic carbocycles. The van der Waals surface area contributed by atoms with E-state index in [1.165, 1.54) is 0 Å². The molecule has 166 valence electrons. The highest BCUT2D eigenvalue weighted by molar-refractivity contribution is 7.59. The van der Waals surface area contributed by atoms with E-state index in [2.05, 4.69) is 46.9 Å². The molecule has 0 heterocycles. The van der Waals surface area contributed by atoms with Crippen molar-refractivity contribution < 1.29 is 14.2 Å². The Kier molecular flexibility index (Phi) is 7.48. The van der Waals surface area contributed by atoms with Crippen molar-refractivity contribution in [2.24, 2.45) is 0 Å². The number of anilines is 1. The number of hydrogen-bond donors (Lipinski definition) is 2. The van der Waals surface area contributed by atoms with Crippen molar-refractivity contribution in [3.8, 4) is 5.75 Å². The molecular formula is C25H38NO3P. The van der Waals surface area contributed by atoms with Gasteiger partial charge in [0.25, 0.3) is 0 Å². The second-order valence-corrected chi connectivity index (χ2v) is 12.7.